The number of hydrazone groups is 1. The summed E-state index contributed by atoms with van der Waals surface area (Å²) in [6.07, 6.45) is 1.31. The number of phenols is 1. The molecule has 0 heterocycles. The highest BCUT2D eigenvalue weighted by molar-refractivity contribution is 9.10. The highest BCUT2D eigenvalue weighted by atomic mass is 79.9. The van der Waals surface area contributed by atoms with Crippen LogP contribution in [0.3, 0.4) is 0 Å². The Morgan fingerprint density at radius 1 is 1.42 bits per heavy atom. The Morgan fingerprint density at radius 2 is 2.17 bits per heavy atom. The van der Waals surface area contributed by atoms with Crippen LogP contribution in [0, 0.1) is 13.8 Å². The summed E-state index contributed by atoms with van der Waals surface area (Å²) in [5, 5.41) is 14.1. The summed E-state index contributed by atoms with van der Waals surface area (Å²) < 4.78 is 5.93. The Kier molecular flexibility index (Phi) is 6.23. The Bertz CT molecular complexity index is 794. The zero-order valence-corrected chi connectivity index (χ0v) is 15.5. The van der Waals surface area contributed by atoms with Crippen molar-refractivity contribution in [3.05, 3.63) is 56.5 Å². The van der Waals surface area contributed by atoms with Crippen LogP contribution in [0.1, 0.15) is 16.7 Å². The van der Waals surface area contributed by atoms with Gasteiger partial charge in [0.1, 0.15) is 11.5 Å². The smallest absolute Gasteiger partial charge is 0.277 e. The number of benzene rings is 2. The van der Waals surface area contributed by atoms with Crippen molar-refractivity contribution in [2.75, 3.05) is 6.61 Å². The van der Waals surface area contributed by atoms with Gasteiger partial charge < -0.3 is 9.84 Å². The maximum atomic E-state index is 11.8. The van der Waals surface area contributed by atoms with Gasteiger partial charge in [0, 0.05) is 10.6 Å². The van der Waals surface area contributed by atoms with Crippen LogP contribution in [0.25, 0.3) is 0 Å². The normalized spacial score (nSPS) is 10.8. The number of aryl methyl sites for hydroxylation is 1. The second-order valence-corrected chi connectivity index (χ2v) is 6.40. The number of aromatic hydroxyl groups is 1. The van der Waals surface area contributed by atoms with E-state index >= 15 is 0 Å². The molecule has 0 unspecified atom stereocenters. The number of nitrogens with zero attached hydrogens (tertiary/aromatic N) is 1. The highest BCUT2D eigenvalue weighted by Crippen LogP contribution is 2.30. The van der Waals surface area contributed by atoms with Crippen LogP contribution in [0.5, 0.6) is 11.5 Å². The second kappa shape index (κ2) is 8.17. The van der Waals surface area contributed by atoms with Crippen molar-refractivity contribution < 1.29 is 14.6 Å². The number of amides is 1. The molecule has 0 atom stereocenters. The Hall–Kier alpha value is -2.05. The Labute approximate surface area is 153 Å². The number of phenolic OH excluding ortho intramolecular Hbond substituents is 1. The molecule has 2 rings (SSSR count). The molecule has 0 aromatic heterocycles. The fourth-order valence-electron chi connectivity index (χ4n) is 1.91. The van der Waals surface area contributed by atoms with Gasteiger partial charge >= 0.3 is 0 Å². The zero-order chi connectivity index (χ0) is 17.7. The van der Waals surface area contributed by atoms with Gasteiger partial charge in [-0.25, -0.2) is 5.43 Å². The molecule has 1 amide bonds. The Balaban J connectivity index is 1.93. The van der Waals surface area contributed by atoms with E-state index in [1.54, 1.807) is 12.1 Å². The van der Waals surface area contributed by atoms with E-state index in [1.807, 2.05) is 26.0 Å². The second-order valence-electron chi connectivity index (χ2n) is 5.11. The number of carbonyl (C=O) groups excluding carboxylic acids is 1. The summed E-state index contributed by atoms with van der Waals surface area (Å²) in [6, 6.07) is 8.74. The average Bonchev–Trinajstić information content (AvgIpc) is 2.53. The molecule has 0 fully saturated rings. The van der Waals surface area contributed by atoms with Crippen molar-refractivity contribution in [1.82, 2.24) is 5.43 Å². The monoisotopic (exact) mass is 410 g/mol. The van der Waals surface area contributed by atoms with E-state index in [4.69, 9.17) is 16.3 Å². The minimum atomic E-state index is -0.410. The van der Waals surface area contributed by atoms with Crippen molar-refractivity contribution in [3.8, 4) is 11.5 Å². The minimum Gasteiger partial charge on any atom is -0.506 e. The Morgan fingerprint density at radius 3 is 2.92 bits per heavy atom. The predicted molar refractivity (Wildman–Crippen MR) is 98.0 cm³/mol. The number of nitrogens with one attached hydrogen (secondary N) is 1. The van der Waals surface area contributed by atoms with Crippen LogP contribution in [0.15, 0.2) is 39.9 Å². The van der Waals surface area contributed by atoms with Gasteiger partial charge in [0.25, 0.3) is 5.91 Å². The van der Waals surface area contributed by atoms with E-state index in [2.05, 4.69) is 26.5 Å². The third-order valence-corrected chi connectivity index (χ3v) is 4.19. The van der Waals surface area contributed by atoms with Crippen LogP contribution in [0.2, 0.25) is 5.02 Å². The van der Waals surface area contributed by atoms with Crippen molar-refractivity contribution in [3.63, 3.8) is 0 Å². The molecule has 126 valence electrons. The first-order valence-electron chi connectivity index (χ1n) is 7.07. The summed E-state index contributed by atoms with van der Waals surface area (Å²) in [4.78, 5) is 11.8. The molecule has 2 N–H and O–H groups in total. The highest BCUT2D eigenvalue weighted by Gasteiger charge is 2.07. The van der Waals surface area contributed by atoms with E-state index in [-0.39, 0.29) is 12.4 Å². The lowest BCUT2D eigenvalue weighted by atomic mass is 10.1. The molecule has 0 saturated heterocycles. The molecular formula is C17H16BrClN2O3. The number of rotatable bonds is 5. The lowest BCUT2D eigenvalue weighted by Crippen LogP contribution is -2.24. The molecule has 2 aromatic rings. The first kappa shape index (κ1) is 18.3. The molecule has 5 nitrogen and oxygen atoms in total. The minimum absolute atomic E-state index is 0.0102. The van der Waals surface area contributed by atoms with E-state index in [0.717, 1.165) is 11.1 Å². The molecule has 0 bridgehead atoms. The SMILES string of the molecule is Cc1cccc(OCC(=O)NN=Cc2cc(Cl)cc(Br)c2O)c1C. The third kappa shape index (κ3) is 4.72. The quantitative estimate of drug-likeness (QED) is 0.578. The molecular weight excluding hydrogens is 396 g/mol. The first-order chi connectivity index (χ1) is 11.4. The topological polar surface area (TPSA) is 70.9 Å². The summed E-state index contributed by atoms with van der Waals surface area (Å²) in [7, 11) is 0. The lowest BCUT2D eigenvalue weighted by molar-refractivity contribution is -0.123. The fourth-order valence-corrected chi connectivity index (χ4v) is 2.75. The van der Waals surface area contributed by atoms with Gasteiger partial charge in [-0.2, -0.15) is 5.10 Å². The van der Waals surface area contributed by atoms with Gasteiger partial charge in [-0.15, -0.1) is 0 Å². The van der Waals surface area contributed by atoms with E-state index < -0.39 is 5.91 Å². The van der Waals surface area contributed by atoms with Gasteiger partial charge in [-0.05, 0) is 59.1 Å². The van der Waals surface area contributed by atoms with Crippen LogP contribution in [0.4, 0.5) is 0 Å². The van der Waals surface area contributed by atoms with Crippen molar-refractivity contribution in [1.29, 1.82) is 0 Å². The summed E-state index contributed by atoms with van der Waals surface area (Å²) in [5.41, 5.74) is 4.80. The van der Waals surface area contributed by atoms with Crippen LogP contribution in [-0.4, -0.2) is 23.8 Å². The lowest BCUT2D eigenvalue weighted by Gasteiger charge is -2.09. The molecule has 2 aromatic carbocycles. The van der Waals surface area contributed by atoms with E-state index in [0.29, 0.717) is 20.8 Å². The average molecular weight is 412 g/mol. The molecule has 0 aliphatic rings. The molecule has 24 heavy (non-hydrogen) atoms. The maximum Gasteiger partial charge on any atom is 0.277 e. The largest absolute Gasteiger partial charge is 0.506 e. The summed E-state index contributed by atoms with van der Waals surface area (Å²) >= 11 is 9.08. The van der Waals surface area contributed by atoms with Crippen LogP contribution >= 0.6 is 27.5 Å². The van der Waals surface area contributed by atoms with Crippen LogP contribution in [-0.2, 0) is 4.79 Å². The molecule has 0 radical (unpaired) electrons. The number of hydrogen-bond acceptors (Lipinski definition) is 4. The third-order valence-electron chi connectivity index (χ3n) is 3.36. The van der Waals surface area contributed by atoms with Crippen molar-refractivity contribution >= 4 is 39.7 Å². The standard InChI is InChI=1S/C17H16BrClN2O3/c1-10-4-3-5-15(11(10)2)24-9-16(22)21-20-8-12-6-13(19)7-14(18)17(12)23/h3-8,23H,9H2,1-2H3,(H,21,22). The number of ether oxygens (including phenoxy) is 1. The van der Waals surface area contributed by atoms with Gasteiger partial charge in [0.05, 0.1) is 10.7 Å². The van der Waals surface area contributed by atoms with E-state index in [9.17, 15) is 9.90 Å². The number of halogens is 2. The van der Waals surface area contributed by atoms with Gasteiger partial charge in [0.2, 0.25) is 0 Å². The van der Waals surface area contributed by atoms with Crippen LogP contribution < -0.4 is 10.2 Å². The van der Waals surface area contributed by atoms with Gasteiger partial charge in [-0.1, -0.05) is 23.7 Å². The number of hydrogen-bond donors (Lipinski definition) is 2. The molecule has 0 saturated carbocycles. The summed E-state index contributed by atoms with van der Waals surface area (Å²) in [6.45, 7) is 3.75. The fraction of sp³-hybridized carbons (Fsp3) is 0.176. The summed E-state index contributed by atoms with van der Waals surface area (Å²) in [5.74, 6) is 0.238. The zero-order valence-electron chi connectivity index (χ0n) is 13.1. The first-order valence-corrected chi connectivity index (χ1v) is 8.24. The molecule has 0 spiro atoms. The number of carbonyl (C=O) groups is 1. The van der Waals surface area contributed by atoms with Crippen molar-refractivity contribution in [2.45, 2.75) is 13.8 Å². The predicted octanol–water partition coefficient (Wildman–Crippen LogP) is 3.95. The van der Waals surface area contributed by atoms with Crippen molar-refractivity contribution in [2.24, 2.45) is 5.10 Å². The molecule has 7 heteroatoms. The maximum absolute atomic E-state index is 11.8. The van der Waals surface area contributed by atoms with Gasteiger partial charge in [-0.3, -0.25) is 4.79 Å². The molecule has 0 aliphatic carbocycles. The molecule has 0 aliphatic heterocycles. The van der Waals surface area contributed by atoms with E-state index in [1.165, 1.54) is 12.3 Å². The van der Waals surface area contributed by atoms with Gasteiger partial charge in [0.15, 0.2) is 6.61 Å².